The van der Waals surface area contributed by atoms with Gasteiger partial charge in [0.1, 0.15) is 5.67 Å². The summed E-state index contributed by atoms with van der Waals surface area (Å²) in [5, 5.41) is 10.2. The molecule has 4 rings (SSSR count). The van der Waals surface area contributed by atoms with Gasteiger partial charge in [-0.05, 0) is 69.4 Å². The van der Waals surface area contributed by atoms with E-state index in [1.165, 1.54) is 12.2 Å². The molecule has 0 spiro atoms. The fourth-order valence-corrected chi connectivity index (χ4v) is 8.23. The molecule has 0 aromatic rings. The highest BCUT2D eigenvalue weighted by Crippen LogP contribution is 2.71. The van der Waals surface area contributed by atoms with Crippen LogP contribution in [0.5, 0.6) is 0 Å². The molecule has 3 fully saturated rings. The quantitative estimate of drug-likeness (QED) is 0.367. The first-order chi connectivity index (χ1) is 15.9. The number of halogens is 3. The Hall–Kier alpha value is -1.40. The van der Waals surface area contributed by atoms with Gasteiger partial charge in [0.2, 0.25) is 5.78 Å². The van der Waals surface area contributed by atoms with Crippen LogP contribution < -0.4 is 0 Å². The van der Waals surface area contributed by atoms with Crippen molar-refractivity contribution in [2.24, 2.45) is 28.6 Å². The number of ketones is 2. The zero-order valence-corrected chi connectivity index (χ0v) is 21.5. The van der Waals surface area contributed by atoms with Crippen LogP contribution in [0.25, 0.3) is 0 Å². The van der Waals surface area contributed by atoms with Crippen molar-refractivity contribution in [1.29, 1.82) is 0 Å². The maximum atomic E-state index is 17.2. The Kier molecular flexibility index (Phi) is 6.51. The number of hydrogen-bond acceptors (Lipinski definition) is 5. The molecular weight excluding hydrogens is 482 g/mol. The Labute approximate surface area is 210 Å². The van der Waals surface area contributed by atoms with Crippen LogP contribution in [0.3, 0.4) is 0 Å². The summed E-state index contributed by atoms with van der Waals surface area (Å²) in [5.74, 6) is -2.66. The summed E-state index contributed by atoms with van der Waals surface area (Å²) in [6.45, 7) is 5.60. The standard InChI is InChI=1S/C26H33Cl2FO5/c1-15-11-18-17-7-6-16-12-19(30)20(31)13-24(16,3)25(17,29)9-8-23(18,2)26(15,21(32)14-28)34-22(33)5-4-10-27/h12-13,15,17-18,31H,4-11,14H2,1-3H3/t15-,17-,18-,23-,24-,25+,26-/m0/s1. The Bertz CT molecular complexity index is 978. The molecule has 1 N–H and O–H groups in total. The van der Waals surface area contributed by atoms with Crippen molar-refractivity contribution in [1.82, 2.24) is 0 Å². The fourth-order valence-electron chi connectivity index (χ4n) is 7.90. The summed E-state index contributed by atoms with van der Waals surface area (Å²) in [6, 6.07) is 0. The van der Waals surface area contributed by atoms with E-state index in [1.54, 1.807) is 6.92 Å². The molecule has 4 aliphatic rings. The molecule has 8 heteroatoms. The van der Waals surface area contributed by atoms with E-state index >= 15 is 4.39 Å². The van der Waals surface area contributed by atoms with E-state index in [0.717, 1.165) is 0 Å². The molecule has 0 unspecified atom stereocenters. The minimum absolute atomic E-state index is 0.106. The summed E-state index contributed by atoms with van der Waals surface area (Å²) in [4.78, 5) is 38.3. The Balaban J connectivity index is 1.76. The topological polar surface area (TPSA) is 80.7 Å². The van der Waals surface area contributed by atoms with E-state index in [9.17, 15) is 19.5 Å². The van der Waals surface area contributed by atoms with Crippen molar-refractivity contribution in [2.75, 3.05) is 11.8 Å². The number of esters is 1. The lowest BCUT2D eigenvalue weighted by Gasteiger charge is -2.61. The molecule has 3 saturated carbocycles. The molecule has 0 aromatic carbocycles. The van der Waals surface area contributed by atoms with Gasteiger partial charge >= 0.3 is 5.97 Å². The Morgan fingerprint density at radius 2 is 1.94 bits per heavy atom. The lowest BCUT2D eigenvalue weighted by molar-refractivity contribution is -0.201. The van der Waals surface area contributed by atoms with Crippen LogP contribution in [0.2, 0.25) is 0 Å². The van der Waals surface area contributed by atoms with Crippen LogP contribution in [-0.4, -0.2) is 45.7 Å². The number of Topliss-reactive ketones (excluding diaryl/α,β-unsaturated/α-hetero) is 1. The average molecular weight is 515 g/mol. The van der Waals surface area contributed by atoms with Gasteiger partial charge in [0.25, 0.3) is 0 Å². The van der Waals surface area contributed by atoms with Gasteiger partial charge in [0.05, 0.1) is 5.88 Å². The predicted molar refractivity (Wildman–Crippen MR) is 128 cm³/mol. The Morgan fingerprint density at radius 1 is 1.24 bits per heavy atom. The molecule has 0 heterocycles. The lowest BCUT2D eigenvalue weighted by Crippen LogP contribution is -2.65. The smallest absolute Gasteiger partial charge is 0.306 e. The first kappa shape index (κ1) is 25.7. The third kappa shape index (κ3) is 3.27. The van der Waals surface area contributed by atoms with Crippen molar-refractivity contribution < 1.29 is 28.6 Å². The van der Waals surface area contributed by atoms with Crippen LogP contribution in [0.15, 0.2) is 23.5 Å². The van der Waals surface area contributed by atoms with Crippen LogP contribution in [0.1, 0.15) is 65.7 Å². The van der Waals surface area contributed by atoms with Crippen LogP contribution in [0.4, 0.5) is 4.39 Å². The number of carbonyl (C=O) groups excluding carboxylic acids is 3. The van der Waals surface area contributed by atoms with Gasteiger partial charge in [0.15, 0.2) is 17.1 Å². The van der Waals surface area contributed by atoms with Gasteiger partial charge in [-0.1, -0.05) is 19.4 Å². The van der Waals surface area contributed by atoms with Crippen molar-refractivity contribution in [3.63, 3.8) is 0 Å². The molecule has 0 amide bonds. The highest BCUT2D eigenvalue weighted by atomic mass is 35.5. The zero-order valence-electron chi connectivity index (χ0n) is 20.0. The number of aliphatic hydroxyl groups is 1. The third-order valence-corrected chi connectivity index (χ3v) is 10.1. The van der Waals surface area contributed by atoms with Crippen LogP contribution >= 0.6 is 23.2 Å². The molecule has 0 aliphatic heterocycles. The van der Waals surface area contributed by atoms with Gasteiger partial charge in [-0.2, -0.15) is 0 Å². The van der Waals surface area contributed by atoms with Crippen molar-refractivity contribution >= 4 is 40.7 Å². The number of alkyl halides is 3. The predicted octanol–water partition coefficient (Wildman–Crippen LogP) is 5.63. The highest BCUT2D eigenvalue weighted by molar-refractivity contribution is 6.29. The molecule has 0 aromatic heterocycles. The molecule has 0 radical (unpaired) electrons. The number of aliphatic hydroxyl groups excluding tert-OH is 1. The number of hydrogen-bond donors (Lipinski definition) is 1. The van der Waals surface area contributed by atoms with Crippen LogP contribution in [-0.2, 0) is 19.1 Å². The van der Waals surface area contributed by atoms with Gasteiger partial charge in [-0.25, -0.2) is 4.39 Å². The lowest BCUT2D eigenvalue weighted by atomic mass is 9.45. The highest BCUT2D eigenvalue weighted by Gasteiger charge is 2.74. The Morgan fingerprint density at radius 3 is 2.59 bits per heavy atom. The van der Waals surface area contributed by atoms with Crippen LogP contribution in [0, 0.1) is 28.6 Å². The maximum Gasteiger partial charge on any atom is 0.306 e. The van der Waals surface area contributed by atoms with Crippen molar-refractivity contribution in [3.05, 3.63) is 23.5 Å². The van der Waals surface area contributed by atoms with E-state index in [2.05, 4.69) is 0 Å². The number of rotatable bonds is 6. The summed E-state index contributed by atoms with van der Waals surface area (Å²) in [5.41, 5.74) is -4.28. The van der Waals surface area contributed by atoms with Gasteiger partial charge in [-0.3, -0.25) is 14.4 Å². The van der Waals surface area contributed by atoms with Gasteiger partial charge in [-0.15, -0.1) is 23.2 Å². The number of ether oxygens (including phenoxy) is 1. The second kappa shape index (κ2) is 8.62. The zero-order chi connectivity index (χ0) is 25.1. The molecule has 0 bridgehead atoms. The number of fused-ring (bicyclic) bond motifs is 5. The second-order valence-electron chi connectivity index (χ2n) is 11.0. The average Bonchev–Trinajstić information content (AvgIpc) is 3.01. The van der Waals surface area contributed by atoms with E-state index in [0.29, 0.717) is 43.6 Å². The summed E-state index contributed by atoms with van der Waals surface area (Å²) in [6.07, 6.45) is 5.37. The summed E-state index contributed by atoms with van der Waals surface area (Å²) >= 11 is 11.8. The SMILES string of the molecule is C[C@H]1C[C@H]2[C@@H]3CCC4=CC(=O)C(O)=C[C@]4(C)[C@@]3(F)CC[C@]2(C)[C@@]1(OC(=O)CCCCl)C(=O)CCl. The van der Waals surface area contributed by atoms with Crippen molar-refractivity contribution in [3.8, 4) is 0 Å². The van der Waals surface area contributed by atoms with E-state index < -0.39 is 45.5 Å². The van der Waals surface area contributed by atoms with Crippen molar-refractivity contribution in [2.45, 2.75) is 77.0 Å². The molecule has 7 atom stereocenters. The van der Waals surface area contributed by atoms with E-state index in [4.69, 9.17) is 27.9 Å². The van der Waals surface area contributed by atoms with Gasteiger partial charge in [0, 0.05) is 29.0 Å². The van der Waals surface area contributed by atoms with E-state index in [1.807, 2.05) is 13.8 Å². The van der Waals surface area contributed by atoms with Gasteiger partial charge < -0.3 is 9.84 Å². The normalized spacial score (nSPS) is 43.2. The monoisotopic (exact) mass is 514 g/mol. The minimum atomic E-state index is -1.70. The number of allylic oxidation sites excluding steroid dienone is 3. The van der Waals surface area contributed by atoms with E-state index in [-0.39, 0.29) is 36.3 Å². The third-order valence-electron chi connectivity index (χ3n) is 9.61. The largest absolute Gasteiger partial charge is 0.504 e. The second-order valence-corrected chi connectivity index (χ2v) is 11.6. The minimum Gasteiger partial charge on any atom is -0.504 e. The molecule has 188 valence electrons. The summed E-state index contributed by atoms with van der Waals surface area (Å²) in [7, 11) is 0. The fraction of sp³-hybridized carbons (Fsp3) is 0.731. The first-order valence-corrected chi connectivity index (χ1v) is 13.2. The molecular formula is C26H33Cl2FO5. The molecule has 0 saturated heterocycles. The molecule has 4 aliphatic carbocycles. The molecule has 5 nitrogen and oxygen atoms in total. The first-order valence-electron chi connectivity index (χ1n) is 12.1. The molecule has 34 heavy (non-hydrogen) atoms. The number of carbonyl (C=O) groups is 3. The summed E-state index contributed by atoms with van der Waals surface area (Å²) < 4.78 is 23.2. The maximum absolute atomic E-state index is 17.2.